The topological polar surface area (TPSA) is 93.4 Å². The number of benzene rings is 3. The van der Waals surface area contributed by atoms with E-state index in [0.717, 1.165) is 22.9 Å². The van der Waals surface area contributed by atoms with Crippen molar-refractivity contribution < 1.29 is 22.0 Å². The van der Waals surface area contributed by atoms with Crippen molar-refractivity contribution in [2.45, 2.75) is 49.5 Å². The molecule has 0 spiro atoms. The van der Waals surface area contributed by atoms with Crippen molar-refractivity contribution in [3.63, 3.8) is 0 Å². The van der Waals surface area contributed by atoms with Crippen LogP contribution in [0.5, 0.6) is 0 Å². The lowest BCUT2D eigenvalue weighted by atomic mass is 9.76. The van der Waals surface area contributed by atoms with Gasteiger partial charge >= 0.3 is 0 Å². The van der Waals surface area contributed by atoms with Crippen LogP contribution in [0.2, 0.25) is 5.02 Å². The van der Waals surface area contributed by atoms with Gasteiger partial charge in [0.15, 0.2) is 11.6 Å². The molecular formula is C31H31ClF2N4O4S. The minimum Gasteiger partial charge on any atom is -0.342 e. The van der Waals surface area contributed by atoms with Crippen LogP contribution >= 0.6 is 11.6 Å². The van der Waals surface area contributed by atoms with Gasteiger partial charge in [-0.3, -0.25) is 18.6 Å². The van der Waals surface area contributed by atoms with E-state index in [1.54, 1.807) is 49.0 Å². The standard InChI is InChI=1S/C31H31ClF2N4O4S/c1-20-28(30(40)38(36(20)2)21-11-6-4-7-12-21)37(3)43(41,42)22-15-16-25(32)23(19-22)29(39)35-31(17-8-5-9-18-31)24-13-10-14-26(33)27(24)34/h4,6-7,10-16,19H,5,8-9,17-18H2,1-3H3,(H,35,39). The van der Waals surface area contributed by atoms with E-state index in [9.17, 15) is 26.8 Å². The SMILES string of the molecule is Cc1c(N(C)S(=O)(=O)c2ccc(Cl)c(C(=O)NC3(c4cccc(F)c4F)CCCCC3)c2)c(=O)n(-c2ccccc2)n1C. The Morgan fingerprint density at radius 1 is 1.00 bits per heavy atom. The Balaban J connectivity index is 1.52. The molecule has 12 heteroatoms. The summed E-state index contributed by atoms with van der Waals surface area (Å²) in [7, 11) is -1.43. The average Bonchev–Trinajstić information content (AvgIpc) is 3.21. The van der Waals surface area contributed by atoms with E-state index in [2.05, 4.69) is 5.32 Å². The number of carbonyl (C=O) groups excluding carboxylic acids is 1. The van der Waals surface area contributed by atoms with Crippen molar-refractivity contribution in [2.24, 2.45) is 7.05 Å². The molecule has 1 fully saturated rings. The summed E-state index contributed by atoms with van der Waals surface area (Å²) in [6.45, 7) is 1.64. The van der Waals surface area contributed by atoms with Crippen LogP contribution in [-0.2, 0) is 22.6 Å². The molecule has 0 bridgehead atoms. The molecule has 226 valence electrons. The molecule has 4 aromatic rings. The molecule has 1 amide bonds. The Hall–Kier alpha value is -3.96. The highest BCUT2D eigenvalue weighted by molar-refractivity contribution is 7.92. The monoisotopic (exact) mass is 628 g/mol. The highest BCUT2D eigenvalue weighted by atomic mass is 35.5. The second-order valence-corrected chi connectivity index (χ2v) is 13.1. The summed E-state index contributed by atoms with van der Waals surface area (Å²) in [6, 6.07) is 16.3. The van der Waals surface area contributed by atoms with Crippen molar-refractivity contribution in [2.75, 3.05) is 11.4 Å². The fraction of sp³-hybridized carbons (Fsp3) is 0.290. The zero-order valence-electron chi connectivity index (χ0n) is 23.9. The third kappa shape index (κ3) is 5.36. The predicted octanol–water partition coefficient (Wildman–Crippen LogP) is 5.83. The van der Waals surface area contributed by atoms with Gasteiger partial charge in [-0.05, 0) is 56.2 Å². The Morgan fingerprint density at radius 2 is 1.67 bits per heavy atom. The van der Waals surface area contributed by atoms with E-state index in [0.29, 0.717) is 37.1 Å². The molecule has 0 unspecified atom stereocenters. The Labute approximate surface area is 253 Å². The van der Waals surface area contributed by atoms with Crippen molar-refractivity contribution in [1.29, 1.82) is 0 Å². The van der Waals surface area contributed by atoms with Gasteiger partial charge < -0.3 is 5.32 Å². The molecule has 0 aliphatic heterocycles. The molecular weight excluding hydrogens is 598 g/mol. The fourth-order valence-corrected chi connectivity index (χ4v) is 7.29. The second kappa shape index (κ2) is 11.6. The zero-order valence-corrected chi connectivity index (χ0v) is 25.5. The highest BCUT2D eigenvalue weighted by Crippen LogP contribution is 2.39. The minimum atomic E-state index is -4.35. The Bertz CT molecular complexity index is 1870. The second-order valence-electron chi connectivity index (χ2n) is 10.7. The Morgan fingerprint density at radius 3 is 2.35 bits per heavy atom. The van der Waals surface area contributed by atoms with Gasteiger partial charge in [0.2, 0.25) is 0 Å². The van der Waals surface area contributed by atoms with E-state index >= 15 is 0 Å². The lowest BCUT2D eigenvalue weighted by Crippen LogP contribution is -2.48. The maximum Gasteiger partial charge on any atom is 0.296 e. The average molecular weight is 629 g/mol. The van der Waals surface area contributed by atoms with Gasteiger partial charge in [-0.2, -0.15) is 0 Å². The predicted molar refractivity (Wildman–Crippen MR) is 161 cm³/mol. The molecule has 1 saturated carbocycles. The van der Waals surface area contributed by atoms with Crippen LogP contribution in [0.25, 0.3) is 5.69 Å². The molecule has 0 radical (unpaired) electrons. The number of sulfonamides is 1. The molecule has 1 N–H and O–H groups in total. The number of nitrogens with zero attached hydrogens (tertiary/aromatic N) is 3. The smallest absolute Gasteiger partial charge is 0.296 e. The van der Waals surface area contributed by atoms with Crippen LogP contribution in [0.4, 0.5) is 14.5 Å². The number of hydrogen-bond donors (Lipinski definition) is 1. The number of nitrogens with one attached hydrogen (secondary N) is 1. The molecule has 1 aliphatic carbocycles. The van der Waals surface area contributed by atoms with Crippen molar-refractivity contribution in [1.82, 2.24) is 14.7 Å². The number of carbonyl (C=O) groups is 1. The van der Waals surface area contributed by atoms with E-state index in [1.807, 2.05) is 0 Å². The fourth-order valence-electron chi connectivity index (χ4n) is 5.81. The summed E-state index contributed by atoms with van der Waals surface area (Å²) in [6.07, 6.45) is 2.98. The molecule has 43 heavy (non-hydrogen) atoms. The number of rotatable bonds is 7. The summed E-state index contributed by atoms with van der Waals surface area (Å²) in [4.78, 5) is 26.9. The maximum atomic E-state index is 15.0. The summed E-state index contributed by atoms with van der Waals surface area (Å²) in [5.41, 5.74) is -0.940. The molecule has 8 nitrogen and oxygen atoms in total. The minimum absolute atomic E-state index is 0.0212. The molecule has 1 aliphatic rings. The van der Waals surface area contributed by atoms with E-state index in [-0.39, 0.29) is 26.7 Å². The van der Waals surface area contributed by atoms with Crippen molar-refractivity contribution >= 4 is 33.2 Å². The molecule has 3 aromatic carbocycles. The number of para-hydroxylation sites is 1. The maximum absolute atomic E-state index is 15.0. The van der Waals surface area contributed by atoms with E-state index in [1.165, 1.54) is 36.0 Å². The lowest BCUT2D eigenvalue weighted by Gasteiger charge is -2.39. The van der Waals surface area contributed by atoms with Gasteiger partial charge in [0, 0.05) is 19.7 Å². The van der Waals surface area contributed by atoms with Crippen LogP contribution in [-0.4, -0.2) is 30.7 Å². The quantitative estimate of drug-likeness (QED) is 0.279. The highest BCUT2D eigenvalue weighted by Gasteiger charge is 2.39. The first-order chi connectivity index (χ1) is 20.4. The third-order valence-electron chi connectivity index (χ3n) is 8.21. The number of amides is 1. The molecule has 0 atom stereocenters. The van der Waals surface area contributed by atoms with Crippen molar-refractivity contribution in [3.8, 4) is 5.69 Å². The zero-order chi connectivity index (χ0) is 31.1. The van der Waals surface area contributed by atoms with Gasteiger partial charge in [0.25, 0.3) is 21.5 Å². The third-order valence-corrected chi connectivity index (χ3v) is 10.3. The first-order valence-corrected chi connectivity index (χ1v) is 15.6. The number of halogens is 3. The Kier molecular flexibility index (Phi) is 8.24. The number of anilines is 1. The van der Waals surface area contributed by atoms with Crippen LogP contribution in [0, 0.1) is 18.6 Å². The first kappa shape index (κ1) is 30.5. The van der Waals surface area contributed by atoms with Crippen LogP contribution in [0.1, 0.15) is 53.7 Å². The lowest BCUT2D eigenvalue weighted by molar-refractivity contribution is 0.0862. The number of aromatic nitrogens is 2. The largest absolute Gasteiger partial charge is 0.342 e. The van der Waals surface area contributed by atoms with Gasteiger partial charge in [-0.1, -0.05) is 61.2 Å². The van der Waals surface area contributed by atoms with Gasteiger partial charge in [0.1, 0.15) is 5.69 Å². The summed E-state index contributed by atoms with van der Waals surface area (Å²) in [5.74, 6) is -2.78. The van der Waals surface area contributed by atoms with Gasteiger partial charge in [-0.25, -0.2) is 21.9 Å². The summed E-state index contributed by atoms with van der Waals surface area (Å²) < 4.78 is 60.7. The molecule has 1 heterocycles. The van der Waals surface area contributed by atoms with Gasteiger partial charge in [0.05, 0.1) is 32.4 Å². The van der Waals surface area contributed by atoms with Crippen LogP contribution < -0.4 is 15.2 Å². The molecule has 0 saturated heterocycles. The summed E-state index contributed by atoms with van der Waals surface area (Å²) >= 11 is 6.39. The number of hydrogen-bond acceptors (Lipinski definition) is 4. The van der Waals surface area contributed by atoms with E-state index < -0.39 is 38.7 Å². The van der Waals surface area contributed by atoms with Crippen molar-refractivity contribution in [3.05, 3.63) is 111 Å². The van der Waals surface area contributed by atoms with E-state index in [4.69, 9.17) is 11.6 Å². The first-order valence-electron chi connectivity index (χ1n) is 13.8. The summed E-state index contributed by atoms with van der Waals surface area (Å²) in [5, 5.41) is 2.84. The van der Waals surface area contributed by atoms with Crippen LogP contribution in [0.15, 0.2) is 76.4 Å². The van der Waals surface area contributed by atoms with Crippen LogP contribution in [0.3, 0.4) is 0 Å². The normalized spacial score (nSPS) is 14.8. The molecule has 1 aromatic heterocycles. The van der Waals surface area contributed by atoms with Gasteiger partial charge in [-0.15, -0.1) is 0 Å². The molecule has 5 rings (SSSR count).